The number of nitrogens with zero attached hydrogens (tertiary/aromatic N) is 3. The first-order valence-electron chi connectivity index (χ1n) is 10.1. The predicted molar refractivity (Wildman–Crippen MR) is 114 cm³/mol. The second kappa shape index (κ2) is 7.71. The van der Waals surface area contributed by atoms with Crippen molar-refractivity contribution in [3.63, 3.8) is 0 Å². The third kappa shape index (κ3) is 3.34. The minimum atomic E-state index is -0.280. The van der Waals surface area contributed by atoms with Crippen LogP contribution in [-0.4, -0.2) is 41.6 Å². The van der Waals surface area contributed by atoms with Crippen molar-refractivity contribution in [3.8, 4) is 0 Å². The molecule has 0 spiro atoms. The molecule has 2 aromatic heterocycles. The number of carbonyl (C=O) groups is 1. The predicted octanol–water partition coefficient (Wildman–Crippen LogP) is 4.38. The Morgan fingerprint density at radius 1 is 0.933 bits per heavy atom. The highest BCUT2D eigenvalue weighted by Gasteiger charge is 2.26. The first-order valence-corrected chi connectivity index (χ1v) is 10.1. The first kappa shape index (κ1) is 18.5. The van der Waals surface area contributed by atoms with E-state index in [2.05, 4.69) is 17.0 Å². The van der Waals surface area contributed by atoms with E-state index in [1.54, 1.807) is 30.5 Å². The number of piperazine rings is 1. The van der Waals surface area contributed by atoms with Crippen LogP contribution in [0.5, 0.6) is 0 Å². The normalized spacial score (nSPS) is 14.4. The zero-order valence-electron chi connectivity index (χ0n) is 16.5. The molecule has 1 aliphatic heterocycles. The van der Waals surface area contributed by atoms with Crippen molar-refractivity contribution in [1.29, 1.82) is 0 Å². The number of carbonyl (C=O) groups excluding carboxylic acids is 1. The lowest BCUT2D eigenvalue weighted by Crippen LogP contribution is -2.49. The quantitative estimate of drug-likeness (QED) is 0.508. The number of para-hydroxylation sites is 1. The van der Waals surface area contributed by atoms with Crippen LogP contribution in [0.3, 0.4) is 0 Å². The Morgan fingerprint density at radius 3 is 2.43 bits per heavy atom. The van der Waals surface area contributed by atoms with Crippen molar-refractivity contribution in [2.75, 3.05) is 31.1 Å². The van der Waals surface area contributed by atoms with Crippen LogP contribution < -0.4 is 4.90 Å². The summed E-state index contributed by atoms with van der Waals surface area (Å²) in [7, 11) is 0. The molecule has 1 fully saturated rings. The Hall–Kier alpha value is -3.54. The monoisotopic (exact) mass is 403 g/mol. The smallest absolute Gasteiger partial charge is 0.270 e. The number of hydrogen-bond donors (Lipinski definition) is 0. The molecule has 0 atom stereocenters. The van der Waals surface area contributed by atoms with E-state index in [4.69, 9.17) is 4.42 Å². The molecule has 3 heterocycles. The van der Waals surface area contributed by atoms with Gasteiger partial charge < -0.3 is 18.8 Å². The van der Waals surface area contributed by atoms with E-state index >= 15 is 0 Å². The average Bonchev–Trinajstić information content (AvgIpc) is 3.38. The fraction of sp³-hybridized carbons (Fsp3) is 0.208. The summed E-state index contributed by atoms with van der Waals surface area (Å²) in [5, 5.41) is 0. The van der Waals surface area contributed by atoms with Crippen LogP contribution in [0.25, 0.3) is 11.1 Å². The van der Waals surface area contributed by atoms with Crippen molar-refractivity contribution in [1.82, 2.24) is 9.47 Å². The third-order valence-electron chi connectivity index (χ3n) is 5.72. The maximum absolute atomic E-state index is 14.3. The maximum atomic E-state index is 14.3. The molecule has 5 nitrogen and oxygen atoms in total. The van der Waals surface area contributed by atoms with Crippen LogP contribution in [0.2, 0.25) is 0 Å². The van der Waals surface area contributed by atoms with Crippen LogP contribution in [0.4, 0.5) is 10.1 Å². The Balaban J connectivity index is 1.39. The number of benzene rings is 2. The van der Waals surface area contributed by atoms with Gasteiger partial charge in [0.1, 0.15) is 11.5 Å². The van der Waals surface area contributed by atoms with Crippen molar-refractivity contribution in [2.24, 2.45) is 0 Å². The van der Waals surface area contributed by atoms with Gasteiger partial charge in [-0.1, -0.05) is 36.4 Å². The molecule has 152 valence electrons. The highest BCUT2D eigenvalue weighted by atomic mass is 19.1. The van der Waals surface area contributed by atoms with Gasteiger partial charge in [-0.3, -0.25) is 4.79 Å². The molecular weight excluding hydrogens is 381 g/mol. The molecule has 0 N–H and O–H groups in total. The van der Waals surface area contributed by atoms with Gasteiger partial charge in [-0.15, -0.1) is 0 Å². The Bertz CT molecular complexity index is 1170. The molecule has 1 amide bonds. The molecular formula is C24H22FN3O2. The van der Waals surface area contributed by atoms with Gasteiger partial charge in [0.05, 0.1) is 18.3 Å². The van der Waals surface area contributed by atoms with Gasteiger partial charge in [-0.25, -0.2) is 4.39 Å². The van der Waals surface area contributed by atoms with E-state index in [-0.39, 0.29) is 18.3 Å². The lowest BCUT2D eigenvalue weighted by molar-refractivity contribution is 0.0736. The molecule has 0 bridgehead atoms. The number of amides is 1. The number of halogens is 1. The zero-order valence-corrected chi connectivity index (χ0v) is 16.5. The van der Waals surface area contributed by atoms with Crippen LogP contribution in [0.15, 0.2) is 77.4 Å². The summed E-state index contributed by atoms with van der Waals surface area (Å²) in [4.78, 5) is 17.5. The largest absolute Gasteiger partial charge is 0.463 e. The topological polar surface area (TPSA) is 41.6 Å². The summed E-state index contributed by atoms with van der Waals surface area (Å²) in [6.45, 7) is 3.11. The van der Waals surface area contributed by atoms with E-state index in [1.807, 2.05) is 33.7 Å². The van der Waals surface area contributed by atoms with Crippen molar-refractivity contribution in [2.45, 2.75) is 6.54 Å². The molecule has 0 aliphatic carbocycles. The van der Waals surface area contributed by atoms with Crippen LogP contribution >= 0.6 is 0 Å². The van der Waals surface area contributed by atoms with Crippen molar-refractivity contribution in [3.05, 3.63) is 90.1 Å². The van der Waals surface area contributed by atoms with Gasteiger partial charge >= 0.3 is 0 Å². The summed E-state index contributed by atoms with van der Waals surface area (Å²) in [5.41, 5.74) is 3.67. The van der Waals surface area contributed by atoms with Crippen molar-refractivity contribution >= 4 is 22.7 Å². The lowest BCUT2D eigenvalue weighted by atomic mass is 10.2. The van der Waals surface area contributed by atoms with Gasteiger partial charge in [-0.05, 0) is 18.2 Å². The zero-order chi connectivity index (χ0) is 20.5. The molecule has 1 aliphatic rings. The van der Waals surface area contributed by atoms with Gasteiger partial charge in [0.15, 0.2) is 5.58 Å². The Morgan fingerprint density at radius 2 is 1.67 bits per heavy atom. The molecule has 6 heteroatoms. The van der Waals surface area contributed by atoms with Crippen LogP contribution in [0, 0.1) is 5.82 Å². The maximum Gasteiger partial charge on any atom is 0.270 e. The summed E-state index contributed by atoms with van der Waals surface area (Å²) in [6, 6.07) is 20.5. The Kier molecular flexibility index (Phi) is 4.75. The number of hydrogen-bond acceptors (Lipinski definition) is 3. The van der Waals surface area contributed by atoms with Crippen LogP contribution in [0.1, 0.15) is 16.1 Å². The number of rotatable bonds is 4. The van der Waals surface area contributed by atoms with Gasteiger partial charge in [0.2, 0.25) is 0 Å². The lowest BCUT2D eigenvalue weighted by Gasteiger charge is -2.36. The highest BCUT2D eigenvalue weighted by Crippen LogP contribution is 2.25. The van der Waals surface area contributed by atoms with Crippen LogP contribution in [-0.2, 0) is 6.54 Å². The summed E-state index contributed by atoms with van der Waals surface area (Å²) >= 11 is 0. The van der Waals surface area contributed by atoms with E-state index in [9.17, 15) is 9.18 Å². The van der Waals surface area contributed by atoms with E-state index in [1.165, 1.54) is 11.8 Å². The fourth-order valence-corrected chi connectivity index (χ4v) is 4.09. The molecule has 0 unspecified atom stereocenters. The highest BCUT2D eigenvalue weighted by molar-refractivity contribution is 5.97. The van der Waals surface area contributed by atoms with E-state index in [0.717, 1.165) is 18.6 Å². The molecule has 0 saturated carbocycles. The second-order valence-corrected chi connectivity index (χ2v) is 7.49. The first-order chi connectivity index (χ1) is 14.7. The number of anilines is 1. The SMILES string of the molecule is O=C(c1cc2occc2n1Cc1ccccc1F)N1CCN(c2ccccc2)CC1. The van der Waals surface area contributed by atoms with Gasteiger partial charge in [-0.2, -0.15) is 0 Å². The summed E-state index contributed by atoms with van der Waals surface area (Å²) < 4.78 is 21.6. The molecule has 0 radical (unpaired) electrons. The summed E-state index contributed by atoms with van der Waals surface area (Å²) in [6.07, 6.45) is 1.59. The van der Waals surface area contributed by atoms with Crippen molar-refractivity contribution < 1.29 is 13.6 Å². The molecule has 5 rings (SSSR count). The molecule has 1 saturated heterocycles. The minimum absolute atomic E-state index is 0.0505. The number of furan rings is 1. The van der Waals surface area contributed by atoms with Gasteiger partial charge in [0.25, 0.3) is 5.91 Å². The fourth-order valence-electron chi connectivity index (χ4n) is 4.09. The standard InChI is InChI=1S/C24H22FN3O2/c25-20-9-5-4-6-18(20)17-28-21-10-15-30-23(21)16-22(28)24(29)27-13-11-26(12-14-27)19-7-2-1-3-8-19/h1-10,15-16H,11-14,17H2. The average molecular weight is 403 g/mol. The number of fused-ring (bicyclic) bond motifs is 1. The number of aromatic nitrogens is 1. The Labute approximate surface area is 173 Å². The third-order valence-corrected chi connectivity index (χ3v) is 5.72. The molecule has 4 aromatic rings. The molecule has 2 aromatic carbocycles. The summed E-state index contributed by atoms with van der Waals surface area (Å²) in [5.74, 6) is -0.330. The van der Waals surface area contributed by atoms with Gasteiger partial charge in [0, 0.05) is 49.6 Å². The minimum Gasteiger partial charge on any atom is -0.463 e. The second-order valence-electron chi connectivity index (χ2n) is 7.49. The van der Waals surface area contributed by atoms with E-state index < -0.39 is 0 Å². The van der Waals surface area contributed by atoms with E-state index in [0.29, 0.717) is 29.9 Å². The molecule has 30 heavy (non-hydrogen) atoms.